The first kappa shape index (κ1) is 11.5. The van der Waals surface area contributed by atoms with Crippen molar-refractivity contribution in [1.29, 1.82) is 0 Å². The molecular formula is C10H18O4. The predicted octanol–water partition coefficient (Wildman–Crippen LogP) is 1.03. The van der Waals surface area contributed by atoms with Crippen molar-refractivity contribution in [3.05, 3.63) is 0 Å². The molecule has 82 valence electrons. The van der Waals surface area contributed by atoms with Crippen molar-refractivity contribution >= 4 is 5.97 Å². The Labute approximate surface area is 83.9 Å². The van der Waals surface area contributed by atoms with Gasteiger partial charge in [-0.25, -0.2) is 0 Å². The number of aliphatic carboxylic acids is 1. The summed E-state index contributed by atoms with van der Waals surface area (Å²) >= 11 is 0. The second kappa shape index (κ2) is 4.75. The summed E-state index contributed by atoms with van der Waals surface area (Å²) in [5.74, 6) is -1.26. The molecule has 2 N–H and O–H groups in total. The number of aliphatic hydroxyl groups excluding tert-OH is 1. The minimum Gasteiger partial charge on any atom is -0.481 e. The molecule has 0 aliphatic carbocycles. The normalized spacial score (nSPS) is 31.4. The second-order valence-electron chi connectivity index (χ2n) is 4.09. The van der Waals surface area contributed by atoms with Crippen molar-refractivity contribution in [3.63, 3.8) is 0 Å². The zero-order valence-corrected chi connectivity index (χ0v) is 8.64. The average Bonchev–Trinajstić information content (AvgIpc) is 2.50. The van der Waals surface area contributed by atoms with E-state index in [1.54, 1.807) is 13.8 Å². The standard InChI is InChI=1S/C10H18O4/c1-6(11)5-8-3-4-9(14-8)7(2)10(12)13/h6-9,11H,3-5H2,1-2H3,(H,12,13)/t6-,7-,8-,9+/m0/s1. The van der Waals surface area contributed by atoms with E-state index >= 15 is 0 Å². The molecule has 0 unspecified atom stereocenters. The SMILES string of the molecule is C[C@H](O)C[C@@H]1CC[C@H]([C@H](C)C(=O)O)O1. The molecule has 1 aliphatic heterocycles. The van der Waals surface area contributed by atoms with Crippen molar-refractivity contribution in [2.24, 2.45) is 5.92 Å². The first-order valence-electron chi connectivity index (χ1n) is 5.07. The van der Waals surface area contributed by atoms with Gasteiger partial charge in [-0.2, -0.15) is 0 Å². The third kappa shape index (κ3) is 2.96. The minimum atomic E-state index is -0.812. The highest BCUT2D eigenvalue weighted by molar-refractivity contribution is 5.70. The van der Waals surface area contributed by atoms with Crippen LogP contribution in [0.3, 0.4) is 0 Å². The quantitative estimate of drug-likeness (QED) is 0.714. The number of ether oxygens (including phenoxy) is 1. The molecule has 0 saturated carbocycles. The van der Waals surface area contributed by atoms with Gasteiger partial charge in [-0.05, 0) is 33.1 Å². The van der Waals surface area contributed by atoms with E-state index in [4.69, 9.17) is 14.9 Å². The maximum Gasteiger partial charge on any atom is 0.308 e. The van der Waals surface area contributed by atoms with Crippen molar-refractivity contribution < 1.29 is 19.7 Å². The summed E-state index contributed by atoms with van der Waals surface area (Å²) in [6, 6.07) is 0. The number of hydrogen-bond acceptors (Lipinski definition) is 3. The minimum absolute atomic E-state index is 0.0294. The van der Waals surface area contributed by atoms with Crippen LogP contribution < -0.4 is 0 Å². The summed E-state index contributed by atoms with van der Waals surface area (Å²) in [7, 11) is 0. The van der Waals surface area contributed by atoms with Gasteiger partial charge in [0, 0.05) is 0 Å². The second-order valence-corrected chi connectivity index (χ2v) is 4.09. The summed E-state index contributed by atoms with van der Waals surface area (Å²) in [4.78, 5) is 10.7. The van der Waals surface area contributed by atoms with Crippen molar-refractivity contribution in [1.82, 2.24) is 0 Å². The van der Waals surface area contributed by atoms with Crippen LogP contribution in [0.1, 0.15) is 33.1 Å². The third-order valence-electron chi connectivity index (χ3n) is 2.69. The van der Waals surface area contributed by atoms with Crippen LogP contribution in [0.25, 0.3) is 0 Å². The molecule has 4 heteroatoms. The Bertz CT molecular complexity index is 202. The summed E-state index contributed by atoms with van der Waals surface area (Å²) in [6.45, 7) is 3.38. The van der Waals surface area contributed by atoms with Crippen LogP contribution in [0.5, 0.6) is 0 Å². The molecular weight excluding hydrogens is 184 g/mol. The molecule has 0 bridgehead atoms. The molecule has 1 heterocycles. The smallest absolute Gasteiger partial charge is 0.308 e. The molecule has 0 radical (unpaired) electrons. The van der Waals surface area contributed by atoms with Gasteiger partial charge >= 0.3 is 5.97 Å². The number of rotatable bonds is 4. The zero-order valence-electron chi connectivity index (χ0n) is 8.64. The molecule has 1 rings (SSSR count). The van der Waals surface area contributed by atoms with Gasteiger partial charge in [0.05, 0.1) is 24.2 Å². The Morgan fingerprint density at radius 3 is 2.64 bits per heavy atom. The molecule has 0 amide bonds. The molecule has 0 aromatic carbocycles. The van der Waals surface area contributed by atoms with Crippen LogP contribution in [-0.4, -0.2) is 34.5 Å². The van der Waals surface area contributed by atoms with Gasteiger partial charge in [-0.1, -0.05) is 0 Å². The van der Waals surface area contributed by atoms with Gasteiger partial charge in [-0.15, -0.1) is 0 Å². The lowest BCUT2D eigenvalue weighted by Gasteiger charge is -2.17. The molecule has 14 heavy (non-hydrogen) atoms. The monoisotopic (exact) mass is 202 g/mol. The van der Waals surface area contributed by atoms with E-state index < -0.39 is 11.9 Å². The number of aliphatic hydroxyl groups is 1. The highest BCUT2D eigenvalue weighted by atomic mass is 16.5. The van der Waals surface area contributed by atoms with Gasteiger partial charge in [-0.3, -0.25) is 4.79 Å². The van der Waals surface area contributed by atoms with Gasteiger partial charge in [0.2, 0.25) is 0 Å². The molecule has 4 atom stereocenters. The summed E-state index contributed by atoms with van der Waals surface area (Å²) < 4.78 is 5.55. The van der Waals surface area contributed by atoms with E-state index in [1.807, 2.05) is 0 Å². The fraction of sp³-hybridized carbons (Fsp3) is 0.900. The fourth-order valence-electron chi connectivity index (χ4n) is 1.81. The Hall–Kier alpha value is -0.610. The molecule has 0 aromatic rings. The van der Waals surface area contributed by atoms with E-state index in [-0.39, 0.29) is 18.3 Å². The Morgan fingerprint density at radius 1 is 1.50 bits per heavy atom. The number of carboxylic acid groups (broad SMARTS) is 1. The first-order chi connectivity index (χ1) is 6.50. The highest BCUT2D eigenvalue weighted by Gasteiger charge is 2.33. The average molecular weight is 202 g/mol. The van der Waals surface area contributed by atoms with Crippen LogP contribution >= 0.6 is 0 Å². The molecule has 1 aliphatic rings. The molecule has 4 nitrogen and oxygen atoms in total. The Morgan fingerprint density at radius 2 is 2.14 bits per heavy atom. The third-order valence-corrected chi connectivity index (χ3v) is 2.69. The maximum atomic E-state index is 10.7. The fourth-order valence-corrected chi connectivity index (χ4v) is 1.81. The van der Waals surface area contributed by atoms with Gasteiger partial charge in [0.1, 0.15) is 0 Å². The van der Waals surface area contributed by atoms with Gasteiger partial charge < -0.3 is 14.9 Å². The highest BCUT2D eigenvalue weighted by Crippen LogP contribution is 2.27. The number of carboxylic acids is 1. The van der Waals surface area contributed by atoms with Crippen LogP contribution in [0, 0.1) is 5.92 Å². The lowest BCUT2D eigenvalue weighted by Crippen LogP contribution is -2.26. The molecule has 1 saturated heterocycles. The molecule has 0 spiro atoms. The summed E-state index contributed by atoms with van der Waals surface area (Å²) in [6.07, 6.45) is 1.71. The van der Waals surface area contributed by atoms with Crippen LogP contribution in [0.15, 0.2) is 0 Å². The first-order valence-corrected chi connectivity index (χ1v) is 5.07. The van der Waals surface area contributed by atoms with E-state index in [9.17, 15) is 4.79 Å². The Kier molecular flexibility index (Phi) is 3.89. The summed E-state index contributed by atoms with van der Waals surface area (Å²) in [5, 5.41) is 17.9. The largest absolute Gasteiger partial charge is 0.481 e. The lowest BCUT2D eigenvalue weighted by molar-refractivity contribution is -0.146. The maximum absolute atomic E-state index is 10.7. The van der Waals surface area contributed by atoms with E-state index in [0.717, 1.165) is 12.8 Å². The number of carbonyl (C=O) groups is 1. The summed E-state index contributed by atoms with van der Waals surface area (Å²) in [5.41, 5.74) is 0. The van der Waals surface area contributed by atoms with E-state index in [1.165, 1.54) is 0 Å². The van der Waals surface area contributed by atoms with Gasteiger partial charge in [0.25, 0.3) is 0 Å². The van der Waals surface area contributed by atoms with Crippen LogP contribution in [0.2, 0.25) is 0 Å². The number of hydrogen-bond donors (Lipinski definition) is 2. The molecule has 1 fully saturated rings. The van der Waals surface area contributed by atoms with Crippen molar-refractivity contribution in [2.45, 2.75) is 51.4 Å². The lowest BCUT2D eigenvalue weighted by atomic mass is 10.0. The van der Waals surface area contributed by atoms with Crippen LogP contribution in [-0.2, 0) is 9.53 Å². The van der Waals surface area contributed by atoms with Crippen molar-refractivity contribution in [3.8, 4) is 0 Å². The predicted molar refractivity (Wildman–Crippen MR) is 51.0 cm³/mol. The van der Waals surface area contributed by atoms with E-state index in [2.05, 4.69) is 0 Å². The van der Waals surface area contributed by atoms with Crippen molar-refractivity contribution in [2.75, 3.05) is 0 Å². The molecule has 0 aromatic heterocycles. The topological polar surface area (TPSA) is 66.8 Å². The van der Waals surface area contributed by atoms with E-state index in [0.29, 0.717) is 6.42 Å². The van der Waals surface area contributed by atoms with Crippen LogP contribution in [0.4, 0.5) is 0 Å². The Balaban J connectivity index is 2.37. The zero-order chi connectivity index (χ0) is 10.7. The van der Waals surface area contributed by atoms with Gasteiger partial charge in [0.15, 0.2) is 0 Å².